The number of amides is 1. The van der Waals surface area contributed by atoms with Gasteiger partial charge in [0.25, 0.3) is 5.91 Å². The van der Waals surface area contributed by atoms with E-state index in [-0.39, 0.29) is 11.9 Å². The van der Waals surface area contributed by atoms with Gasteiger partial charge in [0.15, 0.2) is 0 Å². The van der Waals surface area contributed by atoms with Gasteiger partial charge in [-0.25, -0.2) is 10.8 Å². The number of anilines is 1. The van der Waals surface area contributed by atoms with Crippen LogP contribution in [0.3, 0.4) is 0 Å². The van der Waals surface area contributed by atoms with Gasteiger partial charge in [-0.2, -0.15) is 0 Å². The minimum atomic E-state index is -0.710. The second-order valence-electron chi connectivity index (χ2n) is 4.17. The molecule has 0 radical (unpaired) electrons. The average molecular weight is 268 g/mol. The number of nitrogens with one attached hydrogen (secondary N) is 2. The van der Waals surface area contributed by atoms with Crippen molar-refractivity contribution in [3.63, 3.8) is 0 Å². The molecule has 7 heteroatoms. The molecule has 98 valence electrons. The molecule has 0 atom stereocenters. The molecule has 2 heterocycles. The number of nitrogen functional groups attached to an aromatic ring is 1. The number of nitrogens with two attached hydrogens (primary N) is 1. The normalized spacial score (nSPS) is 23.4. The largest absolute Gasteiger partial charge is 0.349 e. The van der Waals surface area contributed by atoms with Crippen molar-refractivity contribution in [2.75, 3.05) is 16.9 Å². The lowest BCUT2D eigenvalue weighted by atomic mass is 10.1. The summed E-state index contributed by atoms with van der Waals surface area (Å²) in [6.07, 6.45) is 3.02. The molecule has 1 aromatic heterocycles. The van der Waals surface area contributed by atoms with Gasteiger partial charge < -0.3 is 10.7 Å². The first-order valence-corrected chi connectivity index (χ1v) is 7.26. The summed E-state index contributed by atoms with van der Waals surface area (Å²) in [6, 6.07) is 3.42. The van der Waals surface area contributed by atoms with Gasteiger partial charge in [0.1, 0.15) is 5.82 Å². The van der Waals surface area contributed by atoms with Crippen LogP contribution < -0.4 is 16.6 Å². The molecular weight excluding hydrogens is 252 g/mol. The standard InChI is InChI=1S/C11H16N4O2S/c12-15-10-2-1-8(7-13-10)11(16)14-9-3-5-18(17)6-4-9/h1-2,7,9H,3-6,12H2,(H,13,15)(H,14,16). The molecule has 0 unspecified atom stereocenters. The topological polar surface area (TPSA) is 97.1 Å². The van der Waals surface area contributed by atoms with E-state index in [1.807, 2.05) is 0 Å². The van der Waals surface area contributed by atoms with Gasteiger partial charge in [-0.15, -0.1) is 0 Å². The lowest BCUT2D eigenvalue weighted by Gasteiger charge is -2.22. The second-order valence-corrected chi connectivity index (χ2v) is 5.87. The van der Waals surface area contributed by atoms with Crippen LogP contribution in [0, 0.1) is 0 Å². The number of nitrogens with zero attached hydrogens (tertiary/aromatic N) is 1. The van der Waals surface area contributed by atoms with Crippen molar-refractivity contribution in [3.05, 3.63) is 23.9 Å². The first-order valence-electron chi connectivity index (χ1n) is 5.77. The monoisotopic (exact) mass is 268 g/mol. The van der Waals surface area contributed by atoms with E-state index in [2.05, 4.69) is 15.7 Å². The Hall–Kier alpha value is -1.47. The molecule has 0 aliphatic carbocycles. The Morgan fingerprint density at radius 2 is 2.11 bits per heavy atom. The van der Waals surface area contributed by atoms with E-state index in [0.717, 1.165) is 12.8 Å². The Morgan fingerprint density at radius 3 is 2.67 bits per heavy atom. The molecule has 0 spiro atoms. The predicted octanol–water partition coefficient (Wildman–Crippen LogP) is 0.00810. The number of carbonyl (C=O) groups is 1. The number of carbonyl (C=O) groups excluding carboxylic acids is 1. The summed E-state index contributed by atoms with van der Waals surface area (Å²) in [6.45, 7) is 0. The fraction of sp³-hybridized carbons (Fsp3) is 0.455. The van der Waals surface area contributed by atoms with Gasteiger partial charge in [-0.1, -0.05) is 0 Å². The third-order valence-corrected chi connectivity index (χ3v) is 4.28. The molecular formula is C11H16N4O2S. The Morgan fingerprint density at radius 1 is 1.39 bits per heavy atom. The smallest absolute Gasteiger partial charge is 0.253 e. The highest BCUT2D eigenvalue weighted by atomic mass is 32.2. The van der Waals surface area contributed by atoms with Crippen molar-refractivity contribution < 1.29 is 9.00 Å². The van der Waals surface area contributed by atoms with E-state index in [1.165, 1.54) is 6.20 Å². The van der Waals surface area contributed by atoms with Crippen LogP contribution in [-0.2, 0) is 10.8 Å². The predicted molar refractivity (Wildman–Crippen MR) is 70.4 cm³/mol. The minimum absolute atomic E-state index is 0.113. The summed E-state index contributed by atoms with van der Waals surface area (Å²) in [4.78, 5) is 15.9. The van der Waals surface area contributed by atoms with Crippen LogP contribution in [0.4, 0.5) is 5.82 Å². The molecule has 1 amide bonds. The van der Waals surface area contributed by atoms with Crippen LogP contribution in [0.1, 0.15) is 23.2 Å². The van der Waals surface area contributed by atoms with Crippen LogP contribution in [0.15, 0.2) is 18.3 Å². The maximum Gasteiger partial charge on any atom is 0.253 e. The molecule has 1 aliphatic rings. The first-order chi connectivity index (χ1) is 8.69. The molecule has 6 nitrogen and oxygen atoms in total. The van der Waals surface area contributed by atoms with Crippen LogP contribution in [-0.4, -0.2) is 32.6 Å². The Balaban J connectivity index is 1.92. The average Bonchev–Trinajstić information content (AvgIpc) is 2.41. The molecule has 0 bridgehead atoms. The van der Waals surface area contributed by atoms with E-state index in [9.17, 15) is 9.00 Å². The van der Waals surface area contributed by atoms with E-state index in [0.29, 0.717) is 22.9 Å². The SMILES string of the molecule is NNc1ccc(C(=O)NC2CCS(=O)CC2)cn1. The third kappa shape index (κ3) is 3.27. The van der Waals surface area contributed by atoms with E-state index >= 15 is 0 Å². The first kappa shape index (κ1) is 13.0. The van der Waals surface area contributed by atoms with Crippen molar-refractivity contribution in [1.29, 1.82) is 0 Å². The van der Waals surface area contributed by atoms with Gasteiger partial charge in [0.05, 0.1) is 5.56 Å². The molecule has 1 saturated heterocycles. The van der Waals surface area contributed by atoms with Gasteiger partial charge >= 0.3 is 0 Å². The molecule has 1 aromatic rings. The van der Waals surface area contributed by atoms with E-state index in [1.54, 1.807) is 12.1 Å². The van der Waals surface area contributed by atoms with Gasteiger partial charge in [-0.3, -0.25) is 9.00 Å². The molecule has 2 rings (SSSR count). The number of rotatable bonds is 3. The van der Waals surface area contributed by atoms with Gasteiger partial charge in [0, 0.05) is 34.5 Å². The summed E-state index contributed by atoms with van der Waals surface area (Å²) in [5.41, 5.74) is 2.90. The van der Waals surface area contributed by atoms with Crippen LogP contribution >= 0.6 is 0 Å². The number of pyridine rings is 1. The quantitative estimate of drug-likeness (QED) is 0.530. The Kier molecular flexibility index (Phi) is 4.27. The van der Waals surface area contributed by atoms with Gasteiger partial charge in [0.2, 0.25) is 0 Å². The summed E-state index contributed by atoms with van der Waals surface area (Å²) in [7, 11) is -0.710. The van der Waals surface area contributed by atoms with Crippen molar-refractivity contribution in [2.24, 2.45) is 5.84 Å². The minimum Gasteiger partial charge on any atom is -0.349 e. The second kappa shape index (κ2) is 5.92. The highest BCUT2D eigenvalue weighted by molar-refractivity contribution is 7.85. The molecule has 18 heavy (non-hydrogen) atoms. The highest BCUT2D eigenvalue weighted by Gasteiger charge is 2.20. The number of hydrazine groups is 1. The lowest BCUT2D eigenvalue weighted by molar-refractivity contribution is 0.0934. The maximum atomic E-state index is 11.9. The number of hydrogen-bond acceptors (Lipinski definition) is 5. The molecule has 0 saturated carbocycles. The molecule has 1 aliphatic heterocycles. The fourth-order valence-electron chi connectivity index (χ4n) is 1.82. The van der Waals surface area contributed by atoms with E-state index < -0.39 is 10.8 Å². The number of aromatic nitrogens is 1. The van der Waals surface area contributed by atoms with Crippen molar-refractivity contribution in [2.45, 2.75) is 18.9 Å². The van der Waals surface area contributed by atoms with Crippen LogP contribution in [0.2, 0.25) is 0 Å². The maximum absolute atomic E-state index is 11.9. The Bertz CT molecular complexity index is 439. The zero-order chi connectivity index (χ0) is 13.0. The van der Waals surface area contributed by atoms with Crippen molar-refractivity contribution >= 4 is 22.5 Å². The number of hydrogen-bond donors (Lipinski definition) is 3. The lowest BCUT2D eigenvalue weighted by Crippen LogP contribution is -2.39. The van der Waals surface area contributed by atoms with Crippen molar-refractivity contribution in [3.8, 4) is 0 Å². The molecule has 1 fully saturated rings. The Labute approximate surface area is 108 Å². The van der Waals surface area contributed by atoms with Crippen LogP contribution in [0.5, 0.6) is 0 Å². The van der Waals surface area contributed by atoms with Crippen LogP contribution in [0.25, 0.3) is 0 Å². The van der Waals surface area contributed by atoms with Gasteiger partial charge in [-0.05, 0) is 25.0 Å². The zero-order valence-corrected chi connectivity index (χ0v) is 10.7. The molecule has 4 N–H and O–H groups in total. The summed E-state index contributed by atoms with van der Waals surface area (Å²) < 4.78 is 11.2. The summed E-state index contributed by atoms with van der Waals surface area (Å²) >= 11 is 0. The molecule has 0 aromatic carbocycles. The fourth-order valence-corrected chi connectivity index (χ4v) is 3.12. The van der Waals surface area contributed by atoms with Crippen molar-refractivity contribution in [1.82, 2.24) is 10.3 Å². The third-order valence-electron chi connectivity index (χ3n) is 2.90. The summed E-state index contributed by atoms with van der Waals surface area (Å²) in [5.74, 6) is 6.89. The zero-order valence-electron chi connectivity index (χ0n) is 9.89. The highest BCUT2D eigenvalue weighted by Crippen LogP contribution is 2.10. The van der Waals surface area contributed by atoms with E-state index in [4.69, 9.17) is 5.84 Å². The summed E-state index contributed by atoms with van der Waals surface area (Å²) in [5, 5.41) is 2.93.